The topological polar surface area (TPSA) is 66.9 Å². The van der Waals surface area contributed by atoms with E-state index in [2.05, 4.69) is 20.6 Å². The summed E-state index contributed by atoms with van der Waals surface area (Å²) in [5.74, 6) is 0.323. The summed E-state index contributed by atoms with van der Waals surface area (Å²) in [6.07, 6.45) is 1.67. The van der Waals surface area contributed by atoms with Gasteiger partial charge in [0.25, 0.3) is 5.91 Å². The van der Waals surface area contributed by atoms with Gasteiger partial charge in [-0.1, -0.05) is 48.0 Å². The summed E-state index contributed by atoms with van der Waals surface area (Å²) >= 11 is 5.77. The van der Waals surface area contributed by atoms with Crippen molar-refractivity contribution in [3.8, 4) is 11.4 Å². The first-order valence-corrected chi connectivity index (χ1v) is 9.48. The second-order valence-electron chi connectivity index (χ2n) is 6.42. The van der Waals surface area contributed by atoms with E-state index in [4.69, 9.17) is 11.6 Å². The van der Waals surface area contributed by atoms with E-state index in [1.54, 1.807) is 30.5 Å². The Bertz CT molecular complexity index is 1200. The zero-order valence-electron chi connectivity index (χ0n) is 15.6. The third-order valence-electron chi connectivity index (χ3n) is 4.26. The van der Waals surface area contributed by atoms with Gasteiger partial charge in [-0.3, -0.25) is 4.79 Å². The molecule has 0 fully saturated rings. The predicted molar refractivity (Wildman–Crippen MR) is 117 cm³/mol. The lowest BCUT2D eigenvalue weighted by molar-refractivity contribution is 0.102. The van der Waals surface area contributed by atoms with E-state index in [-0.39, 0.29) is 10.9 Å². The Balaban J connectivity index is 1.51. The van der Waals surface area contributed by atoms with Gasteiger partial charge in [-0.2, -0.15) is 0 Å². The molecule has 0 atom stereocenters. The average molecular weight is 419 g/mol. The van der Waals surface area contributed by atoms with E-state index in [1.807, 2.05) is 36.4 Å². The van der Waals surface area contributed by atoms with Crippen LogP contribution in [0.4, 0.5) is 21.6 Å². The Hall–Kier alpha value is -3.77. The molecule has 0 saturated carbocycles. The molecule has 4 aromatic rings. The SMILES string of the molecule is O=C(Nc1ccc(F)c(Cl)c1)c1cccc(Nc2ccnc(-c3ccccc3)n2)c1. The highest BCUT2D eigenvalue weighted by Crippen LogP contribution is 2.22. The van der Waals surface area contributed by atoms with Gasteiger partial charge >= 0.3 is 0 Å². The molecule has 0 radical (unpaired) electrons. The standard InChI is InChI=1S/C23H16ClFN4O/c24-19-14-18(9-10-20(19)25)28-23(30)16-7-4-8-17(13-16)27-21-11-12-26-22(29-21)15-5-2-1-3-6-15/h1-14H,(H,28,30)(H,26,27,29). The van der Waals surface area contributed by atoms with Gasteiger partial charge in [0.1, 0.15) is 11.6 Å². The Morgan fingerprint density at radius 1 is 0.900 bits per heavy atom. The maximum absolute atomic E-state index is 13.3. The van der Waals surface area contributed by atoms with Crippen molar-refractivity contribution in [2.24, 2.45) is 0 Å². The maximum atomic E-state index is 13.3. The van der Waals surface area contributed by atoms with Crippen LogP contribution in [0.15, 0.2) is 85.1 Å². The lowest BCUT2D eigenvalue weighted by Crippen LogP contribution is -2.12. The summed E-state index contributed by atoms with van der Waals surface area (Å²) in [6.45, 7) is 0. The molecule has 1 amide bonds. The number of halogens is 2. The molecule has 148 valence electrons. The lowest BCUT2D eigenvalue weighted by Gasteiger charge is -2.10. The highest BCUT2D eigenvalue weighted by atomic mass is 35.5. The van der Waals surface area contributed by atoms with Crippen LogP contribution in [0.1, 0.15) is 10.4 Å². The number of hydrogen-bond donors (Lipinski definition) is 2. The lowest BCUT2D eigenvalue weighted by atomic mass is 10.1. The molecule has 3 aromatic carbocycles. The van der Waals surface area contributed by atoms with Gasteiger partial charge in [0.15, 0.2) is 5.82 Å². The smallest absolute Gasteiger partial charge is 0.255 e. The normalized spacial score (nSPS) is 10.5. The van der Waals surface area contributed by atoms with Crippen LogP contribution in [0, 0.1) is 5.82 Å². The molecule has 0 spiro atoms. The number of aromatic nitrogens is 2. The zero-order chi connectivity index (χ0) is 20.9. The van der Waals surface area contributed by atoms with Crippen molar-refractivity contribution in [1.29, 1.82) is 0 Å². The molecule has 7 heteroatoms. The van der Waals surface area contributed by atoms with Gasteiger partial charge in [0.2, 0.25) is 0 Å². The summed E-state index contributed by atoms with van der Waals surface area (Å²) in [5.41, 5.74) is 2.44. The number of amides is 1. The molecule has 5 nitrogen and oxygen atoms in total. The fourth-order valence-electron chi connectivity index (χ4n) is 2.82. The fraction of sp³-hybridized carbons (Fsp3) is 0. The minimum absolute atomic E-state index is 0.0544. The summed E-state index contributed by atoms with van der Waals surface area (Å²) in [4.78, 5) is 21.4. The first-order chi connectivity index (χ1) is 14.6. The van der Waals surface area contributed by atoms with E-state index < -0.39 is 5.82 Å². The molecular formula is C23H16ClFN4O. The molecule has 1 heterocycles. The van der Waals surface area contributed by atoms with Gasteiger partial charge in [-0.25, -0.2) is 14.4 Å². The van der Waals surface area contributed by atoms with E-state index in [0.717, 1.165) is 5.56 Å². The van der Waals surface area contributed by atoms with Crippen LogP contribution in [-0.4, -0.2) is 15.9 Å². The number of hydrogen-bond acceptors (Lipinski definition) is 4. The van der Waals surface area contributed by atoms with Gasteiger partial charge in [-0.15, -0.1) is 0 Å². The number of benzene rings is 3. The maximum Gasteiger partial charge on any atom is 0.255 e. The van der Waals surface area contributed by atoms with Crippen LogP contribution in [0.2, 0.25) is 5.02 Å². The monoisotopic (exact) mass is 418 g/mol. The van der Waals surface area contributed by atoms with Crippen molar-refractivity contribution in [2.45, 2.75) is 0 Å². The number of carbonyl (C=O) groups is 1. The fourth-order valence-corrected chi connectivity index (χ4v) is 3.00. The van der Waals surface area contributed by atoms with Gasteiger partial charge in [0.05, 0.1) is 5.02 Å². The molecule has 0 unspecified atom stereocenters. The van der Waals surface area contributed by atoms with E-state index >= 15 is 0 Å². The average Bonchev–Trinajstić information content (AvgIpc) is 2.77. The van der Waals surface area contributed by atoms with Gasteiger partial charge in [-0.05, 0) is 42.5 Å². The van der Waals surface area contributed by atoms with Crippen molar-refractivity contribution in [3.05, 3.63) is 101 Å². The van der Waals surface area contributed by atoms with Crippen LogP contribution in [0.25, 0.3) is 11.4 Å². The van der Waals surface area contributed by atoms with Crippen molar-refractivity contribution in [2.75, 3.05) is 10.6 Å². The molecule has 0 aliphatic carbocycles. The minimum Gasteiger partial charge on any atom is -0.340 e. The van der Waals surface area contributed by atoms with E-state index in [1.165, 1.54) is 18.2 Å². The number of nitrogens with one attached hydrogen (secondary N) is 2. The first kappa shape index (κ1) is 19.5. The molecule has 0 bridgehead atoms. The highest BCUT2D eigenvalue weighted by molar-refractivity contribution is 6.31. The van der Waals surface area contributed by atoms with Gasteiger partial charge in [0, 0.05) is 28.7 Å². The number of carbonyl (C=O) groups excluding carboxylic acids is 1. The minimum atomic E-state index is -0.541. The van der Waals surface area contributed by atoms with Crippen molar-refractivity contribution in [3.63, 3.8) is 0 Å². The van der Waals surface area contributed by atoms with Crippen molar-refractivity contribution < 1.29 is 9.18 Å². The van der Waals surface area contributed by atoms with Crippen LogP contribution >= 0.6 is 11.6 Å². The molecular weight excluding hydrogens is 403 g/mol. The van der Waals surface area contributed by atoms with Crippen LogP contribution in [0.5, 0.6) is 0 Å². The second kappa shape index (κ2) is 8.71. The number of rotatable bonds is 5. The molecule has 0 aliphatic rings. The van der Waals surface area contributed by atoms with Crippen LogP contribution < -0.4 is 10.6 Å². The Morgan fingerprint density at radius 2 is 1.73 bits per heavy atom. The zero-order valence-corrected chi connectivity index (χ0v) is 16.4. The molecule has 0 aliphatic heterocycles. The molecule has 1 aromatic heterocycles. The molecule has 2 N–H and O–H groups in total. The predicted octanol–water partition coefficient (Wildman–Crippen LogP) is 5.93. The molecule has 0 saturated heterocycles. The van der Waals surface area contributed by atoms with E-state index in [0.29, 0.717) is 28.6 Å². The van der Waals surface area contributed by atoms with Crippen LogP contribution in [0.3, 0.4) is 0 Å². The summed E-state index contributed by atoms with van der Waals surface area (Å²) in [7, 11) is 0. The highest BCUT2D eigenvalue weighted by Gasteiger charge is 2.09. The van der Waals surface area contributed by atoms with Crippen molar-refractivity contribution in [1.82, 2.24) is 9.97 Å². The summed E-state index contributed by atoms with van der Waals surface area (Å²) in [5, 5.41) is 5.84. The van der Waals surface area contributed by atoms with E-state index in [9.17, 15) is 9.18 Å². The number of anilines is 3. The Kier molecular flexibility index (Phi) is 5.68. The summed E-state index contributed by atoms with van der Waals surface area (Å²) in [6, 6.07) is 22.4. The third kappa shape index (κ3) is 4.61. The van der Waals surface area contributed by atoms with Crippen molar-refractivity contribution >= 4 is 34.7 Å². The molecule has 30 heavy (non-hydrogen) atoms. The van der Waals surface area contributed by atoms with Gasteiger partial charge < -0.3 is 10.6 Å². The van der Waals surface area contributed by atoms with Crippen LogP contribution in [-0.2, 0) is 0 Å². The summed E-state index contributed by atoms with van der Waals surface area (Å²) < 4.78 is 13.3. The Morgan fingerprint density at radius 3 is 2.53 bits per heavy atom. The largest absolute Gasteiger partial charge is 0.340 e. The third-order valence-corrected chi connectivity index (χ3v) is 4.55. The Labute approximate surface area is 177 Å². The second-order valence-corrected chi connectivity index (χ2v) is 6.83. The quantitative estimate of drug-likeness (QED) is 0.421. The molecule has 4 rings (SSSR count). The first-order valence-electron chi connectivity index (χ1n) is 9.10. The number of nitrogens with zero attached hydrogens (tertiary/aromatic N) is 2.